The Morgan fingerprint density at radius 1 is 1.14 bits per heavy atom. The predicted octanol–water partition coefficient (Wildman–Crippen LogP) is 4.32. The molecule has 0 amide bonds. The van der Waals surface area contributed by atoms with Gasteiger partial charge >= 0.3 is 0 Å². The lowest BCUT2D eigenvalue weighted by Gasteiger charge is -2.11. The Kier molecular flexibility index (Phi) is 4.06. The van der Waals surface area contributed by atoms with Gasteiger partial charge < -0.3 is 4.98 Å². The highest BCUT2D eigenvalue weighted by Crippen LogP contribution is 2.27. The molecule has 0 saturated carbocycles. The molecule has 1 atom stereocenters. The Labute approximate surface area is 127 Å². The first-order valence-corrected chi connectivity index (χ1v) is 7.86. The monoisotopic (exact) mass is 296 g/mol. The van der Waals surface area contributed by atoms with E-state index in [1.165, 1.54) is 11.8 Å². The van der Waals surface area contributed by atoms with E-state index >= 15 is 0 Å². The highest BCUT2D eigenvalue weighted by atomic mass is 32.2. The third-order valence-corrected chi connectivity index (χ3v) is 4.59. The van der Waals surface area contributed by atoms with Crippen LogP contribution in [0.2, 0.25) is 0 Å². The zero-order valence-electron chi connectivity index (χ0n) is 11.7. The molecule has 3 rings (SSSR count). The summed E-state index contributed by atoms with van der Waals surface area (Å²) in [6.07, 6.45) is 0.773. The van der Waals surface area contributed by atoms with E-state index in [4.69, 9.17) is 0 Å². The fourth-order valence-corrected chi connectivity index (χ4v) is 3.23. The van der Waals surface area contributed by atoms with Crippen molar-refractivity contribution >= 4 is 28.6 Å². The van der Waals surface area contributed by atoms with E-state index < -0.39 is 0 Å². The summed E-state index contributed by atoms with van der Waals surface area (Å²) in [5.41, 5.74) is 2.69. The third kappa shape index (κ3) is 3.00. The van der Waals surface area contributed by atoms with Crippen molar-refractivity contribution in [1.82, 2.24) is 9.97 Å². The van der Waals surface area contributed by atoms with Crippen LogP contribution in [-0.2, 0) is 0 Å². The first-order chi connectivity index (χ1) is 10.3. The number of H-pyrrole nitrogens is 1. The van der Waals surface area contributed by atoms with E-state index in [1.807, 2.05) is 61.5 Å². The number of carbonyl (C=O) groups is 1. The fraction of sp³-hybridized carbons (Fsp3) is 0.176. The number of hydrogen-bond donors (Lipinski definition) is 1. The van der Waals surface area contributed by atoms with Crippen LogP contribution in [0, 0.1) is 0 Å². The summed E-state index contributed by atoms with van der Waals surface area (Å²) in [5.74, 6) is 0.156. The SMILES string of the molecule is CCC(Sc1nc2ccccc2[nH]1)C(=O)c1ccccc1. The number of nitrogens with one attached hydrogen (secondary N) is 1. The molecule has 3 nitrogen and oxygen atoms in total. The zero-order valence-corrected chi connectivity index (χ0v) is 12.6. The van der Waals surface area contributed by atoms with Gasteiger partial charge in [-0.2, -0.15) is 0 Å². The summed E-state index contributed by atoms with van der Waals surface area (Å²) in [5, 5.41) is 0.681. The molecule has 3 aromatic rings. The Morgan fingerprint density at radius 3 is 2.57 bits per heavy atom. The molecule has 21 heavy (non-hydrogen) atoms. The number of nitrogens with zero attached hydrogens (tertiary/aromatic N) is 1. The molecule has 0 aliphatic carbocycles. The van der Waals surface area contributed by atoms with Crippen LogP contribution in [0.3, 0.4) is 0 Å². The van der Waals surface area contributed by atoms with Crippen LogP contribution in [0.4, 0.5) is 0 Å². The minimum atomic E-state index is -0.118. The predicted molar refractivity (Wildman–Crippen MR) is 86.8 cm³/mol. The first-order valence-electron chi connectivity index (χ1n) is 6.98. The van der Waals surface area contributed by atoms with Crippen LogP contribution in [0.1, 0.15) is 23.7 Å². The number of benzene rings is 2. The van der Waals surface area contributed by atoms with Gasteiger partial charge in [-0.25, -0.2) is 4.98 Å². The number of rotatable bonds is 5. The van der Waals surface area contributed by atoms with Crippen molar-refractivity contribution in [2.75, 3.05) is 0 Å². The Morgan fingerprint density at radius 2 is 1.86 bits per heavy atom. The second-order valence-corrected chi connectivity index (χ2v) is 6.00. The standard InChI is InChI=1S/C17H16N2OS/c1-2-15(16(20)12-8-4-3-5-9-12)21-17-18-13-10-6-7-11-14(13)19-17/h3-11,15H,2H2,1H3,(H,18,19). The van der Waals surface area contributed by atoms with E-state index in [0.29, 0.717) is 0 Å². The van der Waals surface area contributed by atoms with Gasteiger partial charge in [0, 0.05) is 5.56 Å². The largest absolute Gasteiger partial charge is 0.333 e. The maximum atomic E-state index is 12.5. The number of fused-ring (bicyclic) bond motifs is 1. The summed E-state index contributed by atoms with van der Waals surface area (Å²) in [4.78, 5) is 20.3. The normalized spacial score (nSPS) is 12.4. The molecule has 106 valence electrons. The molecule has 0 aliphatic rings. The molecular weight excluding hydrogens is 280 g/mol. The maximum absolute atomic E-state index is 12.5. The molecule has 0 aliphatic heterocycles. The van der Waals surface area contributed by atoms with Gasteiger partial charge in [0.25, 0.3) is 0 Å². The first kappa shape index (κ1) is 13.9. The minimum Gasteiger partial charge on any atom is -0.333 e. The van der Waals surface area contributed by atoms with Crippen LogP contribution >= 0.6 is 11.8 Å². The molecule has 1 heterocycles. The fourth-order valence-electron chi connectivity index (χ4n) is 2.23. The molecule has 0 spiro atoms. The molecule has 0 fully saturated rings. The van der Waals surface area contributed by atoms with Crippen molar-refractivity contribution in [1.29, 1.82) is 0 Å². The number of aromatic amines is 1. The molecule has 0 saturated heterocycles. The van der Waals surface area contributed by atoms with Gasteiger partial charge in [-0.15, -0.1) is 0 Å². The number of imidazole rings is 1. The molecule has 1 aromatic heterocycles. The molecule has 0 radical (unpaired) electrons. The number of ketones is 1. The molecular formula is C17H16N2OS. The van der Waals surface area contributed by atoms with Gasteiger partial charge in [0.2, 0.25) is 0 Å². The summed E-state index contributed by atoms with van der Waals surface area (Å²) in [6.45, 7) is 2.03. The van der Waals surface area contributed by atoms with E-state index in [2.05, 4.69) is 9.97 Å². The number of hydrogen-bond acceptors (Lipinski definition) is 3. The number of para-hydroxylation sites is 2. The molecule has 4 heteroatoms. The highest BCUT2D eigenvalue weighted by Gasteiger charge is 2.20. The molecule has 2 aromatic carbocycles. The van der Waals surface area contributed by atoms with Gasteiger partial charge in [0.1, 0.15) is 0 Å². The van der Waals surface area contributed by atoms with Crippen molar-refractivity contribution in [3.8, 4) is 0 Å². The van der Waals surface area contributed by atoms with Gasteiger partial charge in [0.05, 0.1) is 16.3 Å². The van der Waals surface area contributed by atoms with Crippen LogP contribution in [-0.4, -0.2) is 21.0 Å². The Bertz CT molecular complexity index is 719. The lowest BCUT2D eigenvalue weighted by molar-refractivity contribution is 0.0988. The molecule has 0 bridgehead atoms. The lowest BCUT2D eigenvalue weighted by atomic mass is 10.1. The van der Waals surface area contributed by atoms with Gasteiger partial charge in [-0.1, -0.05) is 61.2 Å². The summed E-state index contributed by atoms with van der Waals surface area (Å²) >= 11 is 1.50. The van der Waals surface area contributed by atoms with Gasteiger partial charge in [-0.3, -0.25) is 4.79 Å². The smallest absolute Gasteiger partial charge is 0.176 e. The minimum absolute atomic E-state index is 0.118. The zero-order chi connectivity index (χ0) is 14.7. The summed E-state index contributed by atoms with van der Waals surface area (Å²) in [6, 6.07) is 17.3. The molecule has 1 unspecified atom stereocenters. The van der Waals surface area contributed by atoms with Crippen LogP contribution < -0.4 is 0 Å². The van der Waals surface area contributed by atoms with Crippen LogP contribution in [0.5, 0.6) is 0 Å². The number of carbonyl (C=O) groups excluding carboxylic acids is 1. The van der Waals surface area contributed by atoms with Gasteiger partial charge in [0.15, 0.2) is 10.9 Å². The van der Waals surface area contributed by atoms with E-state index in [-0.39, 0.29) is 11.0 Å². The van der Waals surface area contributed by atoms with Crippen molar-refractivity contribution < 1.29 is 4.79 Å². The summed E-state index contributed by atoms with van der Waals surface area (Å²) in [7, 11) is 0. The van der Waals surface area contributed by atoms with Crippen molar-refractivity contribution in [2.45, 2.75) is 23.8 Å². The number of Topliss-reactive ketones (excluding diaryl/α,β-unsaturated/α-hetero) is 1. The van der Waals surface area contributed by atoms with E-state index in [9.17, 15) is 4.79 Å². The van der Waals surface area contributed by atoms with Crippen molar-refractivity contribution in [2.24, 2.45) is 0 Å². The second kappa shape index (κ2) is 6.14. The Balaban J connectivity index is 1.82. The third-order valence-electron chi connectivity index (χ3n) is 3.34. The van der Waals surface area contributed by atoms with Crippen LogP contribution in [0.25, 0.3) is 11.0 Å². The quantitative estimate of drug-likeness (QED) is 0.563. The van der Waals surface area contributed by atoms with Crippen molar-refractivity contribution in [3.63, 3.8) is 0 Å². The molecule has 1 N–H and O–H groups in total. The van der Waals surface area contributed by atoms with Crippen LogP contribution in [0.15, 0.2) is 59.8 Å². The lowest BCUT2D eigenvalue weighted by Crippen LogP contribution is -2.16. The van der Waals surface area contributed by atoms with E-state index in [0.717, 1.165) is 28.2 Å². The number of aromatic nitrogens is 2. The summed E-state index contributed by atoms with van der Waals surface area (Å²) < 4.78 is 0. The maximum Gasteiger partial charge on any atom is 0.176 e. The average molecular weight is 296 g/mol. The Hall–Kier alpha value is -2.07. The average Bonchev–Trinajstić information content (AvgIpc) is 2.95. The second-order valence-electron chi connectivity index (χ2n) is 4.80. The van der Waals surface area contributed by atoms with Gasteiger partial charge in [-0.05, 0) is 18.6 Å². The van der Waals surface area contributed by atoms with E-state index in [1.54, 1.807) is 0 Å². The highest BCUT2D eigenvalue weighted by molar-refractivity contribution is 8.00. The van der Waals surface area contributed by atoms with Crippen molar-refractivity contribution in [3.05, 3.63) is 60.2 Å². The number of thioether (sulfide) groups is 1. The topological polar surface area (TPSA) is 45.8 Å².